The molecular weight excluding hydrogens is 465 g/mol. The Hall–Kier alpha value is -2.73. The summed E-state index contributed by atoms with van der Waals surface area (Å²) in [6.07, 6.45) is 2.93. The number of amides is 2. The minimum absolute atomic E-state index is 0.0175. The molecule has 3 unspecified atom stereocenters. The molecule has 1 aliphatic heterocycles. The van der Waals surface area contributed by atoms with E-state index in [1.807, 2.05) is 26.0 Å². The van der Waals surface area contributed by atoms with Gasteiger partial charge in [-0.15, -0.1) is 0 Å². The summed E-state index contributed by atoms with van der Waals surface area (Å²) in [5.41, 5.74) is 1.20. The van der Waals surface area contributed by atoms with E-state index in [0.29, 0.717) is 17.0 Å². The molecule has 7 heteroatoms. The van der Waals surface area contributed by atoms with Gasteiger partial charge in [-0.1, -0.05) is 50.9 Å². The number of halogens is 2. The van der Waals surface area contributed by atoms with E-state index in [2.05, 4.69) is 26.1 Å². The Morgan fingerprint density at radius 3 is 2.63 bits per heavy atom. The maximum atomic E-state index is 14.6. The molecule has 2 amide bonds. The molecule has 0 spiro atoms. The van der Waals surface area contributed by atoms with Gasteiger partial charge in [0.2, 0.25) is 5.91 Å². The van der Waals surface area contributed by atoms with Crippen molar-refractivity contribution in [2.24, 2.45) is 10.9 Å². The van der Waals surface area contributed by atoms with Crippen LogP contribution in [0.25, 0.3) is 0 Å². The van der Waals surface area contributed by atoms with Gasteiger partial charge in [-0.3, -0.25) is 19.5 Å². The van der Waals surface area contributed by atoms with Gasteiger partial charge in [-0.25, -0.2) is 4.39 Å². The van der Waals surface area contributed by atoms with Crippen LogP contribution in [0.3, 0.4) is 0 Å². The van der Waals surface area contributed by atoms with Crippen LogP contribution in [0.1, 0.15) is 87.8 Å². The highest BCUT2D eigenvalue weighted by Gasteiger charge is 2.37. The van der Waals surface area contributed by atoms with Crippen LogP contribution >= 0.6 is 11.6 Å². The Labute approximate surface area is 212 Å². The highest BCUT2D eigenvalue weighted by atomic mass is 35.5. The maximum Gasteiger partial charge on any atom is 0.251 e. The first-order valence-corrected chi connectivity index (χ1v) is 12.7. The van der Waals surface area contributed by atoms with Gasteiger partial charge in [0, 0.05) is 16.5 Å². The van der Waals surface area contributed by atoms with E-state index >= 15 is 0 Å². The molecule has 0 radical (unpaired) electrons. The second kappa shape index (κ2) is 11.3. The summed E-state index contributed by atoms with van der Waals surface area (Å²) >= 11 is 6.06. The molecule has 0 saturated heterocycles. The molecule has 3 atom stereocenters. The monoisotopic (exact) mass is 499 g/mol. The summed E-state index contributed by atoms with van der Waals surface area (Å²) in [5.74, 6) is -0.106. The van der Waals surface area contributed by atoms with Crippen molar-refractivity contribution in [3.8, 4) is 0 Å². The first-order valence-electron chi connectivity index (χ1n) is 12.3. The van der Waals surface area contributed by atoms with E-state index in [0.717, 1.165) is 30.7 Å². The van der Waals surface area contributed by atoms with Gasteiger partial charge in [0.05, 0.1) is 24.5 Å². The fourth-order valence-corrected chi connectivity index (χ4v) is 4.73. The summed E-state index contributed by atoms with van der Waals surface area (Å²) in [6.45, 7) is 10.3. The van der Waals surface area contributed by atoms with Crippen LogP contribution in [0.4, 0.5) is 4.39 Å². The quantitative estimate of drug-likeness (QED) is 0.417. The minimum atomic E-state index is -0.523. The highest BCUT2D eigenvalue weighted by molar-refractivity contribution is 6.30. The average molecular weight is 500 g/mol. The van der Waals surface area contributed by atoms with Gasteiger partial charge in [-0.05, 0) is 68.1 Å². The summed E-state index contributed by atoms with van der Waals surface area (Å²) in [4.78, 5) is 32.8. The lowest BCUT2D eigenvalue weighted by Crippen LogP contribution is -2.48. The number of aliphatic imine (C=N–C) groups is 1. The molecule has 188 valence electrons. The Morgan fingerprint density at radius 2 is 1.97 bits per heavy atom. The molecule has 5 nitrogen and oxygen atoms in total. The number of carbonyl (C=O) groups excluding carboxylic acids is 2. The Kier molecular flexibility index (Phi) is 8.70. The van der Waals surface area contributed by atoms with Crippen LogP contribution in [0.5, 0.6) is 0 Å². The normalized spacial score (nSPS) is 19.8. The lowest BCUT2D eigenvalue weighted by Gasteiger charge is -2.38. The Morgan fingerprint density at radius 1 is 1.23 bits per heavy atom. The van der Waals surface area contributed by atoms with Gasteiger partial charge < -0.3 is 5.32 Å². The van der Waals surface area contributed by atoms with E-state index in [-0.39, 0.29) is 30.0 Å². The van der Waals surface area contributed by atoms with Crippen molar-refractivity contribution in [3.63, 3.8) is 0 Å². The summed E-state index contributed by atoms with van der Waals surface area (Å²) in [5, 5.41) is 3.48. The predicted octanol–water partition coefficient (Wildman–Crippen LogP) is 6.71. The number of nitrogens with zero attached hydrogens (tertiary/aromatic N) is 2. The molecule has 0 aliphatic carbocycles. The molecular formula is C28H35ClFN3O2. The topological polar surface area (TPSA) is 61.8 Å². The molecule has 1 heterocycles. The van der Waals surface area contributed by atoms with Crippen LogP contribution in [0, 0.1) is 11.7 Å². The van der Waals surface area contributed by atoms with Crippen molar-refractivity contribution >= 4 is 29.3 Å². The first kappa shape index (κ1) is 26.9. The van der Waals surface area contributed by atoms with E-state index in [9.17, 15) is 14.0 Å². The van der Waals surface area contributed by atoms with Gasteiger partial charge in [0.1, 0.15) is 11.7 Å². The highest BCUT2D eigenvalue weighted by Crippen LogP contribution is 2.31. The Balaban J connectivity index is 1.85. The molecule has 0 aromatic heterocycles. The SMILES string of the molecule is CCCC1(C)CC(=O)N(Cc2cc(F)cc(C(=O)NC(C)c3cccc(Cl)c3)c2)C(C(C)CC)=N1. The Bertz CT molecular complexity index is 1120. The molecule has 1 aliphatic rings. The average Bonchev–Trinajstić information content (AvgIpc) is 2.79. The smallest absolute Gasteiger partial charge is 0.251 e. The van der Waals surface area contributed by atoms with Crippen LogP contribution < -0.4 is 5.32 Å². The second-order valence-electron chi connectivity index (χ2n) is 9.78. The van der Waals surface area contributed by atoms with Crippen molar-refractivity contribution in [3.05, 3.63) is 70.0 Å². The fourth-order valence-electron chi connectivity index (χ4n) is 4.53. The third kappa shape index (κ3) is 6.69. The molecule has 2 aromatic carbocycles. The zero-order valence-corrected chi connectivity index (χ0v) is 22.0. The van der Waals surface area contributed by atoms with E-state index in [4.69, 9.17) is 16.6 Å². The van der Waals surface area contributed by atoms with Crippen molar-refractivity contribution in [1.82, 2.24) is 10.2 Å². The lowest BCUT2D eigenvalue weighted by atomic mass is 9.89. The number of benzene rings is 2. The van der Waals surface area contributed by atoms with Gasteiger partial charge in [0.15, 0.2) is 0 Å². The van der Waals surface area contributed by atoms with Crippen molar-refractivity contribution in [1.29, 1.82) is 0 Å². The second-order valence-corrected chi connectivity index (χ2v) is 10.2. The van der Waals surface area contributed by atoms with Crippen LogP contribution in [0.15, 0.2) is 47.5 Å². The molecule has 0 saturated carbocycles. The van der Waals surface area contributed by atoms with E-state index < -0.39 is 17.3 Å². The molecule has 0 bridgehead atoms. The number of carbonyl (C=O) groups is 2. The zero-order chi connectivity index (χ0) is 25.8. The van der Waals surface area contributed by atoms with E-state index in [1.165, 1.54) is 12.1 Å². The summed E-state index contributed by atoms with van der Waals surface area (Å²) in [6, 6.07) is 11.2. The van der Waals surface area contributed by atoms with Gasteiger partial charge >= 0.3 is 0 Å². The van der Waals surface area contributed by atoms with E-state index in [1.54, 1.807) is 23.1 Å². The van der Waals surface area contributed by atoms with Crippen LogP contribution in [-0.2, 0) is 11.3 Å². The fraction of sp³-hybridized carbons (Fsp3) is 0.464. The van der Waals surface area contributed by atoms with Crippen molar-refractivity contribution < 1.29 is 14.0 Å². The standard InChI is InChI=1S/C28H35ClFN3O2/c1-6-11-28(5)16-25(34)33(26(32-28)18(3)7-2)17-20-12-22(15-24(30)13-20)27(35)31-19(4)21-9-8-10-23(29)14-21/h8-10,12-15,18-19H,6-7,11,16-17H2,1-5H3,(H,31,35). The number of nitrogens with one attached hydrogen (secondary N) is 1. The largest absolute Gasteiger partial charge is 0.346 e. The number of rotatable bonds is 9. The van der Waals surface area contributed by atoms with Crippen LogP contribution in [0.2, 0.25) is 5.02 Å². The summed E-state index contributed by atoms with van der Waals surface area (Å²) < 4.78 is 14.6. The minimum Gasteiger partial charge on any atom is -0.346 e. The number of hydrogen-bond acceptors (Lipinski definition) is 3. The van der Waals surface area contributed by atoms with Crippen LogP contribution in [-0.4, -0.2) is 28.1 Å². The molecule has 2 aromatic rings. The van der Waals surface area contributed by atoms with Crippen molar-refractivity contribution in [2.75, 3.05) is 0 Å². The summed E-state index contributed by atoms with van der Waals surface area (Å²) in [7, 11) is 0. The van der Waals surface area contributed by atoms with Crippen molar-refractivity contribution in [2.45, 2.75) is 78.4 Å². The third-order valence-corrected chi connectivity index (χ3v) is 6.83. The lowest BCUT2D eigenvalue weighted by molar-refractivity contribution is -0.130. The number of hydrogen-bond donors (Lipinski definition) is 1. The molecule has 35 heavy (non-hydrogen) atoms. The predicted molar refractivity (Wildman–Crippen MR) is 139 cm³/mol. The maximum absolute atomic E-state index is 14.6. The molecule has 1 N–H and O–H groups in total. The first-order chi connectivity index (χ1) is 16.5. The zero-order valence-electron chi connectivity index (χ0n) is 21.2. The number of amidine groups is 1. The third-order valence-electron chi connectivity index (χ3n) is 6.59. The van der Waals surface area contributed by atoms with Gasteiger partial charge in [0.25, 0.3) is 5.91 Å². The van der Waals surface area contributed by atoms with Gasteiger partial charge in [-0.2, -0.15) is 0 Å². The molecule has 3 rings (SSSR count). The molecule has 0 fully saturated rings.